The Balaban J connectivity index is 2.52. The van der Waals surface area contributed by atoms with Crippen LogP contribution >= 0.6 is 0 Å². The molecular weight excluding hydrogens is 275 g/mol. The van der Waals surface area contributed by atoms with Gasteiger partial charge in [-0.05, 0) is 6.92 Å². The second-order valence-corrected chi connectivity index (χ2v) is 4.45. The first kappa shape index (κ1) is 14.9. The van der Waals surface area contributed by atoms with Gasteiger partial charge in [0.25, 0.3) is 5.56 Å². The second kappa shape index (κ2) is 5.44. The van der Waals surface area contributed by atoms with Crippen molar-refractivity contribution in [3.8, 4) is 0 Å². The molecule has 0 aromatic carbocycles. The maximum absolute atomic E-state index is 13.5. The normalized spacial score (nSPS) is 29.9. The van der Waals surface area contributed by atoms with Crippen LogP contribution in [0.5, 0.6) is 0 Å². The average molecular weight is 290 g/mol. The lowest BCUT2D eigenvalue weighted by molar-refractivity contribution is -0.0560. The van der Waals surface area contributed by atoms with E-state index in [1.54, 1.807) is 0 Å². The number of aliphatic hydroxyl groups excluding tert-OH is 3. The molecule has 2 heterocycles. The van der Waals surface area contributed by atoms with Gasteiger partial charge >= 0.3 is 5.69 Å². The number of rotatable bonds is 3. The molecule has 2 rings (SSSR count). The third kappa shape index (κ3) is 2.18. The van der Waals surface area contributed by atoms with E-state index < -0.39 is 48.2 Å². The molecular formula is C11H15FN2O6. The van der Waals surface area contributed by atoms with Crippen LogP contribution in [0.3, 0.4) is 0 Å². The number of nitrogens with zero attached hydrogens (tertiary/aromatic N) is 2. The van der Waals surface area contributed by atoms with Crippen LogP contribution in [0.25, 0.3) is 0 Å². The van der Waals surface area contributed by atoms with Crippen molar-refractivity contribution >= 4 is 0 Å². The Hall–Kier alpha value is -1.55. The molecule has 20 heavy (non-hydrogen) atoms. The zero-order chi connectivity index (χ0) is 15.0. The van der Waals surface area contributed by atoms with Gasteiger partial charge in [-0.25, -0.2) is 4.79 Å². The largest absolute Gasteiger partial charge is 0.394 e. The highest BCUT2D eigenvalue weighted by Gasteiger charge is 2.44. The Morgan fingerprint density at radius 2 is 2.00 bits per heavy atom. The van der Waals surface area contributed by atoms with Crippen LogP contribution in [0.4, 0.5) is 4.39 Å². The molecule has 112 valence electrons. The molecule has 4 atom stereocenters. The predicted molar refractivity (Wildman–Crippen MR) is 63.6 cm³/mol. The van der Waals surface area contributed by atoms with Gasteiger partial charge in [-0.3, -0.25) is 13.9 Å². The summed E-state index contributed by atoms with van der Waals surface area (Å²) in [4.78, 5) is 23.5. The van der Waals surface area contributed by atoms with E-state index in [1.807, 2.05) is 0 Å². The first-order valence-electron chi connectivity index (χ1n) is 6.06. The Morgan fingerprint density at radius 3 is 2.50 bits per heavy atom. The minimum atomic E-state index is -1.52. The molecule has 3 N–H and O–H groups in total. The summed E-state index contributed by atoms with van der Waals surface area (Å²) >= 11 is 0. The molecule has 0 unspecified atom stereocenters. The van der Waals surface area contributed by atoms with Crippen molar-refractivity contribution in [2.24, 2.45) is 0 Å². The van der Waals surface area contributed by atoms with Gasteiger partial charge in [0.15, 0.2) is 6.23 Å². The van der Waals surface area contributed by atoms with Crippen LogP contribution in [-0.2, 0) is 11.3 Å². The molecule has 1 aliphatic heterocycles. The fourth-order valence-electron chi connectivity index (χ4n) is 2.16. The molecule has 1 aromatic heterocycles. The first-order chi connectivity index (χ1) is 9.42. The predicted octanol–water partition coefficient (Wildman–Crippen LogP) is -2.22. The lowest BCUT2D eigenvalue weighted by Crippen LogP contribution is -2.44. The van der Waals surface area contributed by atoms with Gasteiger partial charge in [-0.15, -0.1) is 0 Å². The van der Waals surface area contributed by atoms with Gasteiger partial charge in [0.1, 0.15) is 18.3 Å². The van der Waals surface area contributed by atoms with Gasteiger partial charge < -0.3 is 20.1 Å². The lowest BCUT2D eigenvalue weighted by atomic mass is 10.1. The molecule has 0 spiro atoms. The zero-order valence-corrected chi connectivity index (χ0v) is 10.6. The molecule has 0 saturated carbocycles. The van der Waals surface area contributed by atoms with E-state index in [-0.39, 0.29) is 6.54 Å². The molecule has 1 aromatic rings. The van der Waals surface area contributed by atoms with Crippen LogP contribution in [0.2, 0.25) is 0 Å². The monoisotopic (exact) mass is 290 g/mol. The summed E-state index contributed by atoms with van der Waals surface area (Å²) in [6.07, 6.45) is -4.78. The van der Waals surface area contributed by atoms with Crippen LogP contribution in [0.15, 0.2) is 15.8 Å². The summed E-state index contributed by atoms with van der Waals surface area (Å²) in [5.74, 6) is -1.18. The molecule has 1 aliphatic rings. The Morgan fingerprint density at radius 1 is 1.35 bits per heavy atom. The summed E-state index contributed by atoms with van der Waals surface area (Å²) in [6, 6.07) is 0. The van der Waals surface area contributed by atoms with Gasteiger partial charge in [0.05, 0.1) is 12.8 Å². The first-order valence-corrected chi connectivity index (χ1v) is 6.06. The quantitative estimate of drug-likeness (QED) is 0.581. The van der Waals surface area contributed by atoms with E-state index in [1.165, 1.54) is 6.92 Å². The van der Waals surface area contributed by atoms with Gasteiger partial charge in [-0.1, -0.05) is 0 Å². The van der Waals surface area contributed by atoms with Crippen molar-refractivity contribution in [2.75, 3.05) is 6.61 Å². The number of hydrogen-bond donors (Lipinski definition) is 3. The summed E-state index contributed by atoms with van der Waals surface area (Å²) < 4.78 is 20.0. The fraction of sp³-hybridized carbons (Fsp3) is 0.636. The fourth-order valence-corrected chi connectivity index (χ4v) is 2.16. The molecule has 0 bridgehead atoms. The molecule has 1 saturated heterocycles. The maximum atomic E-state index is 13.5. The lowest BCUT2D eigenvalue weighted by Gasteiger charge is -2.18. The molecule has 8 nitrogen and oxygen atoms in total. The third-order valence-electron chi connectivity index (χ3n) is 3.26. The van der Waals surface area contributed by atoms with E-state index in [9.17, 15) is 24.2 Å². The number of aliphatic hydroxyl groups is 3. The van der Waals surface area contributed by atoms with Crippen LogP contribution < -0.4 is 11.2 Å². The summed E-state index contributed by atoms with van der Waals surface area (Å²) in [5.41, 5.74) is -1.94. The summed E-state index contributed by atoms with van der Waals surface area (Å²) in [7, 11) is 0. The minimum absolute atomic E-state index is 0.0514. The van der Waals surface area contributed by atoms with Crippen molar-refractivity contribution in [2.45, 2.75) is 38.0 Å². The Bertz CT molecular complexity index is 612. The number of aromatic nitrogens is 2. The highest BCUT2D eigenvalue weighted by Crippen LogP contribution is 2.27. The standard InChI is InChI=1S/C11H15FN2O6/c1-2-13-9(18)5(12)3-14(11(13)19)10-8(17)7(16)6(4-15)20-10/h3,6-8,10,15-17H,2,4H2,1H3/t6-,7-,8+,10+/m1/s1. The van der Waals surface area contributed by atoms with E-state index in [2.05, 4.69) is 0 Å². The zero-order valence-electron chi connectivity index (χ0n) is 10.6. The molecule has 0 aliphatic carbocycles. The molecule has 9 heteroatoms. The van der Waals surface area contributed by atoms with Crippen molar-refractivity contribution in [1.29, 1.82) is 0 Å². The molecule has 0 amide bonds. The van der Waals surface area contributed by atoms with Gasteiger partial charge in [0, 0.05) is 6.54 Å². The second-order valence-electron chi connectivity index (χ2n) is 4.45. The van der Waals surface area contributed by atoms with E-state index in [0.29, 0.717) is 15.3 Å². The van der Waals surface area contributed by atoms with Crippen molar-refractivity contribution < 1.29 is 24.4 Å². The summed E-state index contributed by atoms with van der Waals surface area (Å²) in [6.45, 7) is 0.869. The van der Waals surface area contributed by atoms with E-state index >= 15 is 0 Å². The van der Waals surface area contributed by atoms with Crippen molar-refractivity contribution in [3.63, 3.8) is 0 Å². The minimum Gasteiger partial charge on any atom is -0.394 e. The third-order valence-corrected chi connectivity index (χ3v) is 3.26. The Kier molecular flexibility index (Phi) is 4.04. The molecule has 1 fully saturated rings. The van der Waals surface area contributed by atoms with Crippen molar-refractivity contribution in [1.82, 2.24) is 9.13 Å². The van der Waals surface area contributed by atoms with Gasteiger partial charge in [-0.2, -0.15) is 4.39 Å². The average Bonchev–Trinajstić information content (AvgIpc) is 2.71. The maximum Gasteiger partial charge on any atom is 0.333 e. The summed E-state index contributed by atoms with van der Waals surface area (Å²) in [5, 5.41) is 28.4. The number of ether oxygens (including phenoxy) is 1. The molecule has 0 radical (unpaired) electrons. The SMILES string of the molecule is CCn1c(=O)c(F)cn([C@H]2O[C@H](CO)[C@@H](O)[C@@H]2O)c1=O. The van der Waals surface area contributed by atoms with E-state index in [4.69, 9.17) is 9.84 Å². The Labute approximate surface area is 112 Å². The topological polar surface area (TPSA) is 114 Å². The highest BCUT2D eigenvalue weighted by molar-refractivity contribution is 4.96. The van der Waals surface area contributed by atoms with Crippen LogP contribution in [0.1, 0.15) is 13.2 Å². The highest BCUT2D eigenvalue weighted by atomic mass is 19.1. The van der Waals surface area contributed by atoms with Crippen molar-refractivity contribution in [3.05, 3.63) is 32.9 Å². The smallest absolute Gasteiger partial charge is 0.333 e. The van der Waals surface area contributed by atoms with E-state index in [0.717, 1.165) is 0 Å². The number of hydrogen-bond acceptors (Lipinski definition) is 6. The van der Waals surface area contributed by atoms with Crippen LogP contribution in [-0.4, -0.2) is 49.4 Å². The van der Waals surface area contributed by atoms with Gasteiger partial charge in [0.2, 0.25) is 5.82 Å². The number of halogens is 1. The van der Waals surface area contributed by atoms with Crippen LogP contribution in [0, 0.1) is 5.82 Å².